The zero-order chi connectivity index (χ0) is 31.1. The van der Waals surface area contributed by atoms with Crippen molar-refractivity contribution in [2.45, 2.75) is 0 Å². The van der Waals surface area contributed by atoms with Crippen LogP contribution in [0.5, 0.6) is 0 Å². The molecule has 0 radical (unpaired) electrons. The Morgan fingerprint density at radius 2 is 0.841 bits per heavy atom. The van der Waals surface area contributed by atoms with Crippen LogP contribution in [0.25, 0.3) is 44.5 Å². The van der Waals surface area contributed by atoms with E-state index in [9.17, 15) is 40.4 Å². The average Bonchev–Trinajstić information content (AvgIpc) is 3.54. The van der Waals surface area contributed by atoms with Gasteiger partial charge in [0.25, 0.3) is 0 Å². The number of nitriles is 6. The van der Waals surface area contributed by atoms with Crippen LogP contribution in [-0.4, -0.2) is 0 Å². The fourth-order valence-corrected chi connectivity index (χ4v) is 5.88. The van der Waals surface area contributed by atoms with E-state index >= 15 is 0 Å². The van der Waals surface area contributed by atoms with Gasteiger partial charge in [0, 0.05) is 33.4 Å². The quantitative estimate of drug-likeness (QED) is 0.229. The Bertz CT molecular complexity index is 2170. The second kappa shape index (κ2) is 10.4. The number of allylic oxidation sites excluding steroid dienone is 6. The minimum atomic E-state index is -0.697. The van der Waals surface area contributed by atoms with E-state index in [0.717, 1.165) is 0 Å². The van der Waals surface area contributed by atoms with Crippen LogP contribution in [0, 0.1) is 79.6 Å². The number of rotatable bonds is 2. The second-order valence-corrected chi connectivity index (χ2v) is 9.77. The lowest BCUT2D eigenvalue weighted by molar-refractivity contribution is 0.624. The van der Waals surface area contributed by atoms with Crippen molar-refractivity contribution in [3.63, 3.8) is 0 Å². The predicted octanol–water partition coefficient (Wildman–Crippen LogP) is 7.58. The fraction of sp³-hybridized carbons (Fsp3) is 0. The van der Waals surface area contributed by atoms with Crippen LogP contribution in [-0.2, 0) is 0 Å². The molecule has 0 heterocycles. The zero-order valence-corrected chi connectivity index (χ0v) is 22.4. The molecule has 0 unspecified atom stereocenters. The molecule has 0 spiro atoms. The zero-order valence-electron chi connectivity index (χ0n) is 22.4. The van der Waals surface area contributed by atoms with Gasteiger partial charge in [0.05, 0.1) is 11.1 Å². The van der Waals surface area contributed by atoms with Crippen LogP contribution in [0.4, 0.5) is 8.78 Å². The van der Waals surface area contributed by atoms with Crippen molar-refractivity contribution in [3.05, 3.63) is 129 Å². The van der Waals surface area contributed by atoms with Crippen LogP contribution in [0.2, 0.25) is 0 Å². The van der Waals surface area contributed by atoms with E-state index in [1.807, 2.05) is 36.4 Å². The van der Waals surface area contributed by atoms with Gasteiger partial charge in [-0.2, -0.15) is 31.6 Å². The van der Waals surface area contributed by atoms with E-state index in [1.165, 1.54) is 24.3 Å². The molecule has 0 bridgehead atoms. The Labute approximate surface area is 250 Å². The Balaban J connectivity index is 1.67. The second-order valence-electron chi connectivity index (χ2n) is 9.77. The van der Waals surface area contributed by atoms with Crippen LogP contribution >= 0.6 is 0 Å². The molecule has 4 aromatic carbocycles. The average molecular weight is 567 g/mol. The van der Waals surface area contributed by atoms with Gasteiger partial charge < -0.3 is 0 Å². The fourth-order valence-electron chi connectivity index (χ4n) is 5.88. The minimum absolute atomic E-state index is 0.166. The number of hydrogen-bond donors (Lipinski definition) is 0. The molecule has 0 aliphatic heterocycles. The van der Waals surface area contributed by atoms with E-state index in [-0.39, 0.29) is 33.4 Å². The first kappa shape index (κ1) is 27.1. The van der Waals surface area contributed by atoms with Gasteiger partial charge in [-0.05, 0) is 57.6 Å². The Morgan fingerprint density at radius 3 is 1.18 bits per heavy atom. The van der Waals surface area contributed by atoms with Crippen LogP contribution in [0.3, 0.4) is 0 Å². The van der Waals surface area contributed by atoms with Crippen LogP contribution in [0.1, 0.15) is 33.4 Å². The summed E-state index contributed by atoms with van der Waals surface area (Å²) in [4.78, 5) is 0. The molecular formula is C36H12F2N6. The molecule has 0 N–H and O–H groups in total. The van der Waals surface area contributed by atoms with E-state index in [2.05, 4.69) is 0 Å². The van der Waals surface area contributed by atoms with Crippen molar-refractivity contribution in [2.24, 2.45) is 0 Å². The first-order valence-electron chi connectivity index (χ1n) is 12.9. The summed E-state index contributed by atoms with van der Waals surface area (Å²) < 4.78 is 29.0. The summed E-state index contributed by atoms with van der Waals surface area (Å²) in [6.45, 7) is 0. The highest BCUT2D eigenvalue weighted by Gasteiger charge is 2.40. The Kier molecular flexibility index (Phi) is 6.39. The molecule has 0 amide bonds. The summed E-state index contributed by atoms with van der Waals surface area (Å²) in [5.41, 5.74) is 4.14. The van der Waals surface area contributed by atoms with Crippen LogP contribution in [0.15, 0.2) is 83.9 Å². The molecule has 4 aromatic rings. The molecule has 200 valence electrons. The lowest BCUT2D eigenvalue weighted by atomic mass is 9.86. The van der Waals surface area contributed by atoms with E-state index in [0.29, 0.717) is 55.7 Å². The first-order chi connectivity index (χ1) is 21.4. The summed E-state index contributed by atoms with van der Waals surface area (Å²) in [7, 11) is 0. The molecule has 2 aliphatic carbocycles. The molecule has 8 heteroatoms. The molecule has 6 rings (SSSR count). The Morgan fingerprint density at radius 1 is 0.455 bits per heavy atom. The normalized spacial score (nSPS) is 12.0. The summed E-state index contributed by atoms with van der Waals surface area (Å²) >= 11 is 0. The highest BCUT2D eigenvalue weighted by molar-refractivity contribution is 6.38. The summed E-state index contributed by atoms with van der Waals surface area (Å²) in [6.07, 6.45) is 0. The predicted molar refractivity (Wildman–Crippen MR) is 156 cm³/mol. The van der Waals surface area contributed by atoms with Crippen molar-refractivity contribution >= 4 is 22.3 Å². The smallest absolute Gasteiger partial charge is 0.141 e. The third-order valence-electron chi connectivity index (χ3n) is 7.69. The van der Waals surface area contributed by atoms with E-state index in [1.54, 1.807) is 48.5 Å². The van der Waals surface area contributed by atoms with Gasteiger partial charge in [0.1, 0.15) is 59.2 Å². The number of hydrogen-bond acceptors (Lipinski definition) is 6. The lowest BCUT2D eigenvalue weighted by Crippen LogP contribution is -1.98. The van der Waals surface area contributed by atoms with Gasteiger partial charge in [-0.15, -0.1) is 0 Å². The molecule has 0 atom stereocenters. The van der Waals surface area contributed by atoms with Gasteiger partial charge in [-0.25, -0.2) is 8.78 Å². The Hall–Kier alpha value is -7.10. The molecule has 0 aromatic heterocycles. The van der Waals surface area contributed by atoms with Gasteiger partial charge in [0.15, 0.2) is 0 Å². The number of benzene rings is 4. The van der Waals surface area contributed by atoms with E-state index < -0.39 is 11.6 Å². The molecule has 6 nitrogen and oxygen atoms in total. The molecular weight excluding hydrogens is 554 g/mol. The summed E-state index contributed by atoms with van der Waals surface area (Å²) in [5.74, 6) is -1.39. The van der Waals surface area contributed by atoms with Gasteiger partial charge in [-0.1, -0.05) is 48.5 Å². The van der Waals surface area contributed by atoms with Gasteiger partial charge in [0.2, 0.25) is 0 Å². The SMILES string of the molecule is N#CC(C#N)=C1C2=C(C(=C(C#N)C#N)c3cc(-c4cccc(F)c4C#N)ccc32)c2ccc(-c3cccc(F)c3C#N)cc21. The van der Waals surface area contributed by atoms with E-state index in [4.69, 9.17) is 0 Å². The molecule has 0 fully saturated rings. The van der Waals surface area contributed by atoms with Crippen molar-refractivity contribution in [3.8, 4) is 58.7 Å². The maximum absolute atomic E-state index is 14.5. The molecule has 0 saturated heterocycles. The summed E-state index contributed by atoms with van der Waals surface area (Å²) in [5, 5.41) is 59.2. The van der Waals surface area contributed by atoms with Crippen molar-refractivity contribution in [2.75, 3.05) is 0 Å². The highest BCUT2D eigenvalue weighted by atomic mass is 19.1. The topological polar surface area (TPSA) is 143 Å². The maximum Gasteiger partial charge on any atom is 0.141 e. The van der Waals surface area contributed by atoms with Crippen molar-refractivity contribution in [1.29, 1.82) is 31.6 Å². The highest BCUT2D eigenvalue weighted by Crippen LogP contribution is 2.59. The van der Waals surface area contributed by atoms with Gasteiger partial charge in [-0.3, -0.25) is 0 Å². The molecule has 44 heavy (non-hydrogen) atoms. The van der Waals surface area contributed by atoms with Crippen LogP contribution < -0.4 is 0 Å². The molecule has 0 saturated carbocycles. The standard InChI is InChI=1S/C36H12F2N6/c37-31-5-1-3-23(29(31)17-43)19-7-9-25-27(11-19)33(21(13-39)14-40)36-26-10-8-20(24-4-2-6-32(38)30(24)18-44)12-28(26)34(35(25)36)22(15-41)16-42/h1-12H. The van der Waals surface area contributed by atoms with Crippen molar-refractivity contribution in [1.82, 2.24) is 0 Å². The molecule has 2 aliphatic rings. The minimum Gasteiger partial charge on any atom is -0.206 e. The van der Waals surface area contributed by atoms with Gasteiger partial charge >= 0.3 is 0 Å². The number of nitrogens with zero attached hydrogens (tertiary/aromatic N) is 6. The lowest BCUT2D eigenvalue weighted by Gasteiger charge is -2.15. The largest absolute Gasteiger partial charge is 0.206 e. The monoisotopic (exact) mass is 566 g/mol. The number of fused-ring (bicyclic) bond motifs is 4. The third-order valence-corrected chi connectivity index (χ3v) is 7.69. The first-order valence-corrected chi connectivity index (χ1v) is 12.9. The van der Waals surface area contributed by atoms with Crippen molar-refractivity contribution < 1.29 is 8.78 Å². The number of halogens is 2. The third kappa shape index (κ3) is 3.79. The maximum atomic E-state index is 14.5. The summed E-state index contributed by atoms with van der Waals surface area (Å²) in [6, 6.07) is 30.0.